The normalized spacial score (nSPS) is 21.9. The highest BCUT2D eigenvalue weighted by Crippen LogP contribution is 2.33. The third kappa shape index (κ3) is 5.97. The Bertz CT molecular complexity index is 210. The van der Waals surface area contributed by atoms with Crippen molar-refractivity contribution in [2.75, 3.05) is 6.54 Å². The molecule has 5 nitrogen and oxygen atoms in total. The predicted molar refractivity (Wildman–Crippen MR) is 64.3 cm³/mol. The van der Waals surface area contributed by atoms with E-state index >= 15 is 0 Å². The summed E-state index contributed by atoms with van der Waals surface area (Å²) in [7, 11) is -2.43. The lowest BCUT2D eigenvalue weighted by Gasteiger charge is -2.22. The molecule has 6 heteroatoms. The van der Waals surface area contributed by atoms with E-state index in [1.54, 1.807) is 0 Å². The second kappa shape index (κ2) is 8.20. The van der Waals surface area contributed by atoms with Crippen LogP contribution in [0.3, 0.4) is 0 Å². The molecule has 0 bridgehead atoms. The highest BCUT2D eigenvalue weighted by Gasteiger charge is 2.17. The molecule has 4 N–H and O–H groups in total. The Morgan fingerprint density at radius 1 is 1.31 bits per heavy atom. The second-order valence-corrected chi connectivity index (χ2v) is 5.19. The van der Waals surface area contributed by atoms with Gasteiger partial charge in [0.05, 0.1) is 6.10 Å². The number of hydrogen-bond donors (Lipinski definition) is 2. The summed E-state index contributed by atoms with van der Waals surface area (Å²) in [6.45, 7) is 0.571. The standard InChI is InChI=1S/C10H23N2O3P/c11-8-4-7-10(12)15-16(13)14-9-5-2-1-3-6-9/h9-10,16H,1-8,11-12H2. The van der Waals surface area contributed by atoms with Gasteiger partial charge in [-0.3, -0.25) is 9.09 Å². The molecule has 1 rings (SSSR count). The van der Waals surface area contributed by atoms with Gasteiger partial charge < -0.3 is 16.0 Å². The monoisotopic (exact) mass is 250 g/mol. The van der Waals surface area contributed by atoms with Crippen molar-refractivity contribution < 1.29 is 13.6 Å². The van der Waals surface area contributed by atoms with E-state index in [1.165, 1.54) is 6.42 Å². The van der Waals surface area contributed by atoms with Crippen LogP contribution in [0.25, 0.3) is 0 Å². The highest BCUT2D eigenvalue weighted by molar-refractivity contribution is 7.33. The molecule has 96 valence electrons. The summed E-state index contributed by atoms with van der Waals surface area (Å²) in [5.41, 5.74) is 11.0. The Kier molecular flexibility index (Phi) is 7.25. The molecule has 0 aromatic carbocycles. The van der Waals surface area contributed by atoms with Gasteiger partial charge in [0.15, 0.2) is 0 Å². The van der Waals surface area contributed by atoms with Crippen LogP contribution in [-0.2, 0) is 13.6 Å². The Morgan fingerprint density at radius 2 is 2.00 bits per heavy atom. The van der Waals surface area contributed by atoms with E-state index in [0.717, 1.165) is 32.1 Å². The summed E-state index contributed by atoms with van der Waals surface area (Å²) in [6, 6.07) is 0. The van der Waals surface area contributed by atoms with Crippen LogP contribution in [0.4, 0.5) is 0 Å². The molecule has 0 aliphatic heterocycles. The molecule has 0 radical (unpaired) electrons. The van der Waals surface area contributed by atoms with Gasteiger partial charge in [-0.25, -0.2) is 0 Å². The van der Waals surface area contributed by atoms with Gasteiger partial charge in [0.2, 0.25) is 0 Å². The minimum absolute atomic E-state index is 0.0989. The summed E-state index contributed by atoms with van der Waals surface area (Å²) in [6.07, 6.45) is 6.51. The van der Waals surface area contributed by atoms with Gasteiger partial charge in [-0.15, -0.1) is 0 Å². The fourth-order valence-corrected chi connectivity index (χ4v) is 2.78. The zero-order chi connectivity index (χ0) is 11.8. The molecule has 16 heavy (non-hydrogen) atoms. The van der Waals surface area contributed by atoms with Gasteiger partial charge in [-0.2, -0.15) is 0 Å². The fourth-order valence-electron chi connectivity index (χ4n) is 1.85. The molecular weight excluding hydrogens is 227 g/mol. The molecule has 1 aliphatic carbocycles. The molecule has 0 amide bonds. The topological polar surface area (TPSA) is 87.6 Å². The van der Waals surface area contributed by atoms with E-state index in [0.29, 0.717) is 13.0 Å². The lowest BCUT2D eigenvalue weighted by molar-refractivity contribution is 0.106. The Labute approximate surface area is 97.8 Å². The Hall–Kier alpha value is 0.0700. The number of nitrogens with two attached hydrogens (primary N) is 2. The van der Waals surface area contributed by atoms with Gasteiger partial charge in [0.1, 0.15) is 6.23 Å². The van der Waals surface area contributed by atoms with E-state index in [9.17, 15) is 4.57 Å². The summed E-state index contributed by atoms with van der Waals surface area (Å²) >= 11 is 0. The molecule has 0 aromatic rings. The summed E-state index contributed by atoms with van der Waals surface area (Å²) in [4.78, 5) is 0. The molecular formula is C10H23N2O3P. The van der Waals surface area contributed by atoms with Crippen LogP contribution in [0.2, 0.25) is 0 Å². The molecule has 2 unspecified atom stereocenters. The minimum atomic E-state index is -2.43. The SMILES string of the molecule is NCCCC(N)O[PH](=O)OC1CCCCC1. The summed E-state index contributed by atoms with van der Waals surface area (Å²) in [5, 5.41) is 0. The van der Waals surface area contributed by atoms with Gasteiger partial charge in [-0.1, -0.05) is 19.3 Å². The first-order valence-corrected chi connectivity index (χ1v) is 7.27. The van der Waals surface area contributed by atoms with Crippen LogP contribution in [0.15, 0.2) is 0 Å². The van der Waals surface area contributed by atoms with Gasteiger partial charge in [-0.05, 0) is 32.2 Å². The molecule has 1 saturated carbocycles. The van der Waals surface area contributed by atoms with Crippen LogP contribution < -0.4 is 11.5 Å². The highest BCUT2D eigenvalue weighted by atomic mass is 31.1. The molecule has 2 atom stereocenters. The smallest absolute Gasteiger partial charge is 0.320 e. The van der Waals surface area contributed by atoms with E-state index in [-0.39, 0.29) is 6.10 Å². The average molecular weight is 250 g/mol. The van der Waals surface area contributed by atoms with Crippen molar-refractivity contribution in [3.63, 3.8) is 0 Å². The van der Waals surface area contributed by atoms with Crippen molar-refractivity contribution >= 4 is 8.25 Å². The van der Waals surface area contributed by atoms with Crippen molar-refractivity contribution in [3.8, 4) is 0 Å². The zero-order valence-corrected chi connectivity index (χ0v) is 10.7. The number of rotatable bonds is 7. The largest absolute Gasteiger partial charge is 0.330 e. The Morgan fingerprint density at radius 3 is 2.62 bits per heavy atom. The number of hydrogen-bond acceptors (Lipinski definition) is 5. The molecule has 0 aromatic heterocycles. The maximum absolute atomic E-state index is 11.5. The van der Waals surface area contributed by atoms with Crippen molar-refractivity contribution in [2.45, 2.75) is 57.3 Å². The maximum Gasteiger partial charge on any atom is 0.320 e. The van der Waals surface area contributed by atoms with Crippen LogP contribution >= 0.6 is 8.25 Å². The second-order valence-electron chi connectivity index (χ2n) is 4.22. The van der Waals surface area contributed by atoms with E-state index in [2.05, 4.69) is 0 Å². The zero-order valence-electron chi connectivity index (χ0n) is 9.69. The van der Waals surface area contributed by atoms with Crippen LogP contribution in [0, 0.1) is 0 Å². The minimum Gasteiger partial charge on any atom is -0.330 e. The summed E-state index contributed by atoms with van der Waals surface area (Å²) in [5.74, 6) is 0. The maximum atomic E-state index is 11.5. The summed E-state index contributed by atoms with van der Waals surface area (Å²) < 4.78 is 22.0. The van der Waals surface area contributed by atoms with Crippen molar-refractivity contribution in [1.82, 2.24) is 0 Å². The first-order valence-electron chi connectivity index (χ1n) is 6.05. The lowest BCUT2D eigenvalue weighted by atomic mass is 9.98. The lowest BCUT2D eigenvalue weighted by Crippen LogP contribution is -2.23. The molecule has 0 heterocycles. The molecule has 0 spiro atoms. The van der Waals surface area contributed by atoms with Crippen molar-refractivity contribution in [1.29, 1.82) is 0 Å². The van der Waals surface area contributed by atoms with E-state index < -0.39 is 14.5 Å². The van der Waals surface area contributed by atoms with Crippen LogP contribution in [0.1, 0.15) is 44.9 Å². The van der Waals surface area contributed by atoms with E-state index in [1.807, 2.05) is 0 Å². The van der Waals surface area contributed by atoms with Gasteiger partial charge in [0, 0.05) is 0 Å². The van der Waals surface area contributed by atoms with Crippen molar-refractivity contribution in [2.24, 2.45) is 11.5 Å². The van der Waals surface area contributed by atoms with Crippen LogP contribution in [-0.4, -0.2) is 18.9 Å². The average Bonchev–Trinajstić information content (AvgIpc) is 2.27. The Balaban J connectivity index is 2.13. The molecule has 0 saturated heterocycles. The van der Waals surface area contributed by atoms with E-state index in [4.69, 9.17) is 20.5 Å². The molecule has 1 aliphatic rings. The van der Waals surface area contributed by atoms with Gasteiger partial charge >= 0.3 is 8.25 Å². The van der Waals surface area contributed by atoms with Crippen molar-refractivity contribution in [3.05, 3.63) is 0 Å². The first kappa shape index (κ1) is 14.1. The predicted octanol–water partition coefficient (Wildman–Crippen LogP) is 1.77. The first-order chi connectivity index (χ1) is 7.72. The third-order valence-electron chi connectivity index (χ3n) is 2.76. The quantitative estimate of drug-likeness (QED) is 0.531. The third-order valence-corrected chi connectivity index (χ3v) is 3.78. The van der Waals surface area contributed by atoms with Gasteiger partial charge in [0.25, 0.3) is 0 Å². The van der Waals surface area contributed by atoms with Crippen LogP contribution in [0.5, 0.6) is 0 Å². The molecule has 1 fully saturated rings. The fraction of sp³-hybridized carbons (Fsp3) is 1.00.